The molecule has 1 heterocycles. The fourth-order valence-electron chi connectivity index (χ4n) is 2.84. The van der Waals surface area contributed by atoms with Gasteiger partial charge in [-0.15, -0.1) is 0 Å². The second kappa shape index (κ2) is 9.36. The van der Waals surface area contributed by atoms with Gasteiger partial charge in [0.1, 0.15) is 0 Å². The van der Waals surface area contributed by atoms with Crippen LogP contribution in [0.3, 0.4) is 0 Å². The molecule has 0 unspecified atom stereocenters. The average Bonchev–Trinajstić information content (AvgIpc) is 2.60. The zero-order valence-electron chi connectivity index (χ0n) is 15.9. The Hall–Kier alpha value is -2.16. The SMILES string of the molecule is CCCc1cc[n+](COC(=O)[C@@H](C)c2ccc(CC(C)C)cc2)cc1. The summed E-state index contributed by atoms with van der Waals surface area (Å²) in [7, 11) is 0. The summed E-state index contributed by atoms with van der Waals surface area (Å²) in [6.45, 7) is 8.73. The van der Waals surface area contributed by atoms with Crippen molar-refractivity contribution in [2.75, 3.05) is 0 Å². The Kier molecular flexibility index (Phi) is 7.17. The topological polar surface area (TPSA) is 30.2 Å². The van der Waals surface area contributed by atoms with Crippen molar-refractivity contribution in [3.63, 3.8) is 0 Å². The van der Waals surface area contributed by atoms with Crippen LogP contribution in [-0.2, 0) is 29.1 Å². The van der Waals surface area contributed by atoms with Crippen LogP contribution in [0.25, 0.3) is 0 Å². The summed E-state index contributed by atoms with van der Waals surface area (Å²) >= 11 is 0. The van der Waals surface area contributed by atoms with E-state index in [1.165, 1.54) is 11.1 Å². The number of rotatable bonds is 8. The van der Waals surface area contributed by atoms with Gasteiger partial charge in [-0.05, 0) is 42.4 Å². The van der Waals surface area contributed by atoms with Gasteiger partial charge < -0.3 is 4.74 Å². The van der Waals surface area contributed by atoms with Crippen molar-refractivity contribution in [3.8, 4) is 0 Å². The molecule has 0 aliphatic heterocycles. The van der Waals surface area contributed by atoms with E-state index in [0.717, 1.165) is 24.8 Å². The van der Waals surface area contributed by atoms with E-state index >= 15 is 0 Å². The molecule has 0 aliphatic carbocycles. The van der Waals surface area contributed by atoms with E-state index in [4.69, 9.17) is 4.74 Å². The van der Waals surface area contributed by atoms with Crippen LogP contribution >= 0.6 is 0 Å². The zero-order chi connectivity index (χ0) is 18.2. The molecule has 1 aromatic carbocycles. The molecule has 0 saturated carbocycles. The van der Waals surface area contributed by atoms with Crippen molar-refractivity contribution in [1.29, 1.82) is 0 Å². The molecule has 0 radical (unpaired) electrons. The Labute approximate surface area is 151 Å². The number of ether oxygens (including phenoxy) is 1. The maximum Gasteiger partial charge on any atom is 0.317 e. The minimum absolute atomic E-state index is 0.193. The number of hydrogen-bond donors (Lipinski definition) is 0. The van der Waals surface area contributed by atoms with Crippen LogP contribution < -0.4 is 4.57 Å². The third-order valence-corrected chi connectivity index (χ3v) is 4.33. The van der Waals surface area contributed by atoms with Gasteiger partial charge in [-0.2, -0.15) is 4.57 Å². The van der Waals surface area contributed by atoms with Crippen LogP contribution in [0.2, 0.25) is 0 Å². The second-order valence-electron chi connectivity index (χ2n) is 7.12. The molecule has 0 bridgehead atoms. The maximum atomic E-state index is 12.3. The van der Waals surface area contributed by atoms with Crippen molar-refractivity contribution in [2.45, 2.75) is 59.6 Å². The minimum atomic E-state index is -0.256. The van der Waals surface area contributed by atoms with Gasteiger partial charge in [0, 0.05) is 12.1 Å². The van der Waals surface area contributed by atoms with Gasteiger partial charge in [0.15, 0.2) is 12.4 Å². The number of aryl methyl sites for hydroxylation is 1. The predicted octanol–water partition coefficient (Wildman–Crippen LogP) is 4.43. The summed E-state index contributed by atoms with van der Waals surface area (Å²) in [6.07, 6.45) is 7.19. The van der Waals surface area contributed by atoms with Gasteiger partial charge in [0.2, 0.25) is 0 Å². The molecule has 2 aromatic rings. The molecule has 0 saturated heterocycles. The number of carbonyl (C=O) groups excluding carboxylic acids is 1. The zero-order valence-corrected chi connectivity index (χ0v) is 15.9. The highest BCUT2D eigenvalue weighted by atomic mass is 16.5. The lowest BCUT2D eigenvalue weighted by Crippen LogP contribution is -2.36. The highest BCUT2D eigenvalue weighted by Gasteiger charge is 2.18. The lowest BCUT2D eigenvalue weighted by molar-refractivity contribution is -0.727. The molecule has 0 N–H and O–H groups in total. The van der Waals surface area contributed by atoms with Gasteiger partial charge in [-0.3, -0.25) is 4.79 Å². The minimum Gasteiger partial charge on any atom is -0.404 e. The normalized spacial score (nSPS) is 12.2. The first-order valence-electron chi connectivity index (χ1n) is 9.23. The van der Waals surface area contributed by atoms with Gasteiger partial charge in [0.25, 0.3) is 6.73 Å². The summed E-state index contributed by atoms with van der Waals surface area (Å²) in [5, 5.41) is 0. The van der Waals surface area contributed by atoms with Crippen LogP contribution in [0.15, 0.2) is 48.8 Å². The van der Waals surface area contributed by atoms with Crippen molar-refractivity contribution in [1.82, 2.24) is 0 Å². The second-order valence-corrected chi connectivity index (χ2v) is 7.12. The first kappa shape index (κ1) is 19.2. The molecule has 0 aliphatic rings. The van der Waals surface area contributed by atoms with Gasteiger partial charge >= 0.3 is 5.97 Å². The molecule has 1 aromatic heterocycles. The first-order chi connectivity index (χ1) is 12.0. The van der Waals surface area contributed by atoms with Crippen molar-refractivity contribution >= 4 is 5.97 Å². The Morgan fingerprint density at radius 2 is 1.64 bits per heavy atom. The van der Waals surface area contributed by atoms with Crippen LogP contribution in [0, 0.1) is 5.92 Å². The Bertz CT molecular complexity index is 659. The number of carbonyl (C=O) groups is 1. The van der Waals surface area contributed by atoms with E-state index in [2.05, 4.69) is 45.0 Å². The van der Waals surface area contributed by atoms with Gasteiger partial charge in [0.05, 0.1) is 5.92 Å². The molecule has 0 spiro atoms. The number of esters is 1. The van der Waals surface area contributed by atoms with E-state index < -0.39 is 0 Å². The molecule has 0 fully saturated rings. The monoisotopic (exact) mass is 340 g/mol. The van der Waals surface area contributed by atoms with Crippen molar-refractivity contribution in [2.24, 2.45) is 5.92 Å². The number of benzene rings is 1. The Morgan fingerprint density at radius 3 is 2.20 bits per heavy atom. The smallest absolute Gasteiger partial charge is 0.317 e. The fraction of sp³-hybridized carbons (Fsp3) is 0.455. The molecular weight excluding hydrogens is 310 g/mol. The van der Waals surface area contributed by atoms with E-state index in [1.54, 1.807) is 0 Å². The largest absolute Gasteiger partial charge is 0.404 e. The lowest BCUT2D eigenvalue weighted by atomic mass is 9.97. The predicted molar refractivity (Wildman–Crippen MR) is 100 cm³/mol. The summed E-state index contributed by atoms with van der Waals surface area (Å²) in [5.41, 5.74) is 3.61. The molecule has 2 rings (SSSR count). The summed E-state index contributed by atoms with van der Waals surface area (Å²) in [6, 6.07) is 12.5. The summed E-state index contributed by atoms with van der Waals surface area (Å²) in [4.78, 5) is 12.3. The van der Waals surface area contributed by atoms with E-state index in [0.29, 0.717) is 5.92 Å². The van der Waals surface area contributed by atoms with E-state index in [-0.39, 0.29) is 18.6 Å². The van der Waals surface area contributed by atoms with Gasteiger partial charge in [-0.1, -0.05) is 51.5 Å². The molecule has 25 heavy (non-hydrogen) atoms. The molecule has 3 nitrogen and oxygen atoms in total. The maximum absolute atomic E-state index is 12.3. The summed E-state index contributed by atoms with van der Waals surface area (Å²) in [5.74, 6) is 0.184. The molecular formula is C22H30NO2+. The van der Waals surface area contributed by atoms with Crippen molar-refractivity contribution in [3.05, 3.63) is 65.5 Å². The standard InChI is InChI=1S/C22H30NO2/c1-5-6-19-11-13-23(14-12-19)16-25-22(24)18(4)21-9-7-20(8-10-21)15-17(2)3/h7-14,17-18H,5-6,15-16H2,1-4H3/q+1/t18-/m0/s1. The number of pyridine rings is 1. The molecule has 134 valence electrons. The van der Waals surface area contributed by atoms with Crippen LogP contribution in [0.4, 0.5) is 0 Å². The number of nitrogens with zero attached hydrogens (tertiary/aromatic N) is 1. The Morgan fingerprint density at radius 1 is 1.00 bits per heavy atom. The quantitative estimate of drug-likeness (QED) is 0.526. The molecule has 0 amide bonds. The number of hydrogen-bond acceptors (Lipinski definition) is 2. The molecule has 1 atom stereocenters. The van der Waals surface area contributed by atoms with E-state index in [9.17, 15) is 4.79 Å². The summed E-state index contributed by atoms with van der Waals surface area (Å²) < 4.78 is 7.35. The van der Waals surface area contributed by atoms with Crippen LogP contribution in [0.1, 0.15) is 56.7 Å². The third kappa shape index (κ3) is 6.00. The highest BCUT2D eigenvalue weighted by molar-refractivity contribution is 5.77. The molecule has 3 heteroatoms. The highest BCUT2D eigenvalue weighted by Crippen LogP contribution is 2.18. The third-order valence-electron chi connectivity index (χ3n) is 4.33. The fourth-order valence-corrected chi connectivity index (χ4v) is 2.84. The van der Waals surface area contributed by atoms with E-state index in [1.807, 2.05) is 36.0 Å². The lowest BCUT2D eigenvalue weighted by Gasteiger charge is -2.12. The Balaban J connectivity index is 1.89. The van der Waals surface area contributed by atoms with Gasteiger partial charge in [-0.25, -0.2) is 0 Å². The first-order valence-corrected chi connectivity index (χ1v) is 9.23. The number of aromatic nitrogens is 1. The van der Waals surface area contributed by atoms with Crippen LogP contribution in [-0.4, -0.2) is 5.97 Å². The van der Waals surface area contributed by atoms with Crippen LogP contribution in [0.5, 0.6) is 0 Å². The average molecular weight is 340 g/mol. The van der Waals surface area contributed by atoms with Crippen molar-refractivity contribution < 1.29 is 14.1 Å².